The number of benzene rings is 2. The van der Waals surface area contributed by atoms with Gasteiger partial charge in [0, 0.05) is 47.7 Å². The van der Waals surface area contributed by atoms with Gasteiger partial charge in [0.2, 0.25) is 21.8 Å². The number of ether oxygens (including phenoxy) is 2. The number of hydrogen-bond donors (Lipinski definition) is 2. The van der Waals surface area contributed by atoms with Gasteiger partial charge in [-0.25, -0.2) is 17.9 Å². The van der Waals surface area contributed by atoms with Crippen LogP contribution in [-0.4, -0.2) is 85.8 Å². The van der Waals surface area contributed by atoms with Gasteiger partial charge < -0.3 is 24.6 Å². The Morgan fingerprint density at radius 1 is 1.00 bits per heavy atom. The zero-order chi connectivity index (χ0) is 35.9. The lowest BCUT2D eigenvalue weighted by atomic mass is 9.90. The summed E-state index contributed by atoms with van der Waals surface area (Å²) in [5.41, 5.74) is 0.897. The van der Waals surface area contributed by atoms with Crippen molar-refractivity contribution in [3.05, 3.63) is 68.7 Å². The zero-order valence-electron chi connectivity index (χ0n) is 28.2. The second-order valence-corrected chi connectivity index (χ2v) is 16.7. The molecule has 3 amide bonds. The lowest BCUT2D eigenvalue weighted by Gasteiger charge is -2.34. The molecule has 4 rings (SSSR count). The summed E-state index contributed by atoms with van der Waals surface area (Å²) in [6.07, 6.45) is 2.54. The van der Waals surface area contributed by atoms with Gasteiger partial charge in [-0.15, -0.1) is 0 Å². The third kappa shape index (κ3) is 12.3. The lowest BCUT2D eigenvalue weighted by molar-refractivity contribution is -0.140. The molecule has 49 heavy (non-hydrogen) atoms. The molecule has 2 fully saturated rings. The van der Waals surface area contributed by atoms with Gasteiger partial charge in [0.25, 0.3) is 0 Å². The Balaban J connectivity index is 1.45. The second kappa shape index (κ2) is 17.1. The maximum atomic E-state index is 14.2. The number of nitrogens with one attached hydrogen (secondary N) is 2. The molecular weight excluding hydrogens is 715 g/mol. The summed E-state index contributed by atoms with van der Waals surface area (Å²) in [7, 11) is -3.78. The number of sulfonamides is 1. The molecule has 270 valence electrons. The fraction of sp³-hybridized carbons (Fsp3) is 0.559. The van der Waals surface area contributed by atoms with Crippen LogP contribution in [0.4, 0.5) is 4.79 Å². The first-order valence-electron chi connectivity index (χ1n) is 16.3. The normalized spacial score (nSPS) is 19.5. The first kappa shape index (κ1) is 39.2. The first-order chi connectivity index (χ1) is 23.0. The number of piperidine rings is 1. The number of carbonyl (C=O) groups excluding carboxylic acids is 3. The van der Waals surface area contributed by atoms with Crippen molar-refractivity contribution < 1.29 is 32.3 Å². The smallest absolute Gasteiger partial charge is 0.410 e. The van der Waals surface area contributed by atoms with E-state index >= 15 is 0 Å². The summed E-state index contributed by atoms with van der Waals surface area (Å²) in [6.45, 7) is 6.90. The van der Waals surface area contributed by atoms with Crippen LogP contribution in [0.2, 0.25) is 15.1 Å². The van der Waals surface area contributed by atoms with Crippen molar-refractivity contribution in [3.8, 4) is 0 Å². The highest BCUT2D eigenvalue weighted by Gasteiger charge is 2.43. The number of nitrogens with zero attached hydrogens (tertiary/aromatic N) is 2. The fourth-order valence-electron chi connectivity index (χ4n) is 6.01. The minimum atomic E-state index is -3.78. The molecule has 0 spiro atoms. The van der Waals surface area contributed by atoms with Crippen LogP contribution in [0.25, 0.3) is 0 Å². The number of carbonyl (C=O) groups is 3. The van der Waals surface area contributed by atoms with Crippen molar-refractivity contribution in [2.45, 2.75) is 89.8 Å². The molecule has 11 nitrogen and oxygen atoms in total. The molecule has 2 heterocycles. The average molecular weight is 760 g/mol. The maximum absolute atomic E-state index is 14.2. The number of hydrogen-bond acceptors (Lipinski definition) is 7. The Hall–Kier alpha value is -2.61. The Labute approximate surface area is 304 Å². The van der Waals surface area contributed by atoms with Crippen molar-refractivity contribution in [2.24, 2.45) is 5.92 Å². The van der Waals surface area contributed by atoms with Gasteiger partial charge in [-0.3, -0.25) is 9.59 Å². The summed E-state index contributed by atoms with van der Waals surface area (Å²) >= 11 is 18.5. The topological polar surface area (TPSA) is 134 Å². The van der Waals surface area contributed by atoms with Crippen molar-refractivity contribution in [3.63, 3.8) is 0 Å². The quantitative estimate of drug-likeness (QED) is 0.280. The van der Waals surface area contributed by atoms with Gasteiger partial charge in [0.1, 0.15) is 17.7 Å². The van der Waals surface area contributed by atoms with Crippen LogP contribution in [0, 0.1) is 5.92 Å². The third-order valence-electron chi connectivity index (χ3n) is 8.49. The Bertz CT molecular complexity index is 1580. The van der Waals surface area contributed by atoms with Crippen LogP contribution < -0.4 is 10.0 Å². The van der Waals surface area contributed by atoms with Gasteiger partial charge in [-0.1, -0.05) is 46.9 Å². The molecule has 2 N–H and O–H groups in total. The van der Waals surface area contributed by atoms with Crippen molar-refractivity contribution >= 4 is 62.7 Å². The monoisotopic (exact) mass is 758 g/mol. The van der Waals surface area contributed by atoms with Crippen LogP contribution in [0.1, 0.15) is 64.0 Å². The van der Waals surface area contributed by atoms with Crippen molar-refractivity contribution in [2.75, 3.05) is 25.9 Å². The molecule has 2 aliphatic rings. The predicted octanol–water partition coefficient (Wildman–Crippen LogP) is 5.79. The standard InChI is InChI=1S/C34H45Cl3N4O7S/c1-34(2,3)48-33(44)40-15-13-22(14-16-40)7-12-29(39-49(4,45)46)32(43)41-20-27(47-21-23-5-8-25(35)9-6-23)18-30(41)31(42)38-19-24-17-26(36)10-11-28(24)37/h5-6,8-11,17,22,27,29-30,39H,7,12-16,18-21H2,1-4H3,(H,38,42)/t27-,29-,30+/m1/s1. The summed E-state index contributed by atoms with van der Waals surface area (Å²) in [5.74, 6) is -0.754. The Morgan fingerprint density at radius 3 is 2.29 bits per heavy atom. The summed E-state index contributed by atoms with van der Waals surface area (Å²) < 4.78 is 39.1. The van der Waals surface area contributed by atoms with E-state index in [9.17, 15) is 22.8 Å². The van der Waals surface area contributed by atoms with Crippen molar-refractivity contribution in [1.82, 2.24) is 19.8 Å². The first-order valence-corrected chi connectivity index (χ1v) is 19.3. The van der Waals surface area contributed by atoms with E-state index in [1.165, 1.54) is 4.90 Å². The molecular formula is C34H45Cl3N4O7S. The Morgan fingerprint density at radius 2 is 1.65 bits per heavy atom. The molecule has 0 radical (unpaired) electrons. The van der Waals surface area contributed by atoms with Crippen LogP contribution in [0.15, 0.2) is 42.5 Å². The molecule has 2 aromatic rings. The predicted molar refractivity (Wildman–Crippen MR) is 190 cm³/mol. The molecule has 15 heteroatoms. The molecule has 0 unspecified atom stereocenters. The summed E-state index contributed by atoms with van der Waals surface area (Å²) in [6, 6.07) is 10.1. The average Bonchev–Trinajstić information content (AvgIpc) is 3.46. The van der Waals surface area contributed by atoms with E-state index in [4.69, 9.17) is 44.3 Å². The van der Waals surface area contributed by atoms with Gasteiger partial charge in [-0.2, -0.15) is 0 Å². The van der Waals surface area contributed by atoms with Gasteiger partial charge in [0.05, 0.1) is 19.0 Å². The molecule has 0 aliphatic carbocycles. The molecule has 0 aromatic heterocycles. The van der Waals surface area contributed by atoms with Crippen LogP contribution >= 0.6 is 34.8 Å². The van der Waals surface area contributed by atoms with Gasteiger partial charge in [0.15, 0.2) is 0 Å². The van der Waals surface area contributed by atoms with E-state index in [1.54, 1.807) is 35.2 Å². The minimum absolute atomic E-state index is 0.0834. The summed E-state index contributed by atoms with van der Waals surface area (Å²) in [4.78, 5) is 43.4. The largest absolute Gasteiger partial charge is 0.444 e. The van der Waals surface area contributed by atoms with Crippen molar-refractivity contribution in [1.29, 1.82) is 0 Å². The van der Waals surface area contributed by atoms with Crippen LogP contribution in [-0.2, 0) is 42.2 Å². The fourth-order valence-corrected chi connectivity index (χ4v) is 7.25. The van der Waals surface area contributed by atoms with E-state index in [0.29, 0.717) is 53.0 Å². The highest BCUT2D eigenvalue weighted by Crippen LogP contribution is 2.28. The van der Waals surface area contributed by atoms with Gasteiger partial charge in [-0.05, 0) is 93.8 Å². The molecule has 2 aromatic carbocycles. The number of likely N-dealkylation sites (tertiary alicyclic amines) is 2. The van der Waals surface area contributed by atoms with Gasteiger partial charge >= 0.3 is 6.09 Å². The maximum Gasteiger partial charge on any atom is 0.410 e. The van der Waals surface area contributed by atoms with E-state index < -0.39 is 45.6 Å². The summed E-state index contributed by atoms with van der Waals surface area (Å²) in [5, 5.41) is 4.36. The molecule has 2 aliphatic heterocycles. The van der Waals surface area contributed by atoms with E-state index in [1.807, 2.05) is 32.9 Å². The number of halogens is 3. The lowest BCUT2D eigenvalue weighted by Crippen LogP contribution is -2.53. The third-order valence-corrected chi connectivity index (χ3v) is 10.1. The van der Waals surface area contributed by atoms with E-state index in [0.717, 1.165) is 11.8 Å². The molecule has 0 bridgehead atoms. The minimum Gasteiger partial charge on any atom is -0.444 e. The number of rotatable bonds is 12. The molecule has 0 saturated carbocycles. The number of amides is 3. The zero-order valence-corrected chi connectivity index (χ0v) is 31.3. The van der Waals surface area contributed by atoms with Crippen LogP contribution in [0.5, 0.6) is 0 Å². The van der Waals surface area contributed by atoms with Crippen LogP contribution in [0.3, 0.4) is 0 Å². The molecule has 2 saturated heterocycles. The Kier molecular flexibility index (Phi) is 13.6. The second-order valence-electron chi connectivity index (χ2n) is 13.7. The SMILES string of the molecule is CC(C)(C)OC(=O)N1CCC(CC[C@@H](NS(C)(=O)=O)C(=O)N2C[C@H](OCc3ccc(Cl)cc3)C[C@H]2C(=O)NCc2cc(Cl)ccc2Cl)CC1. The highest BCUT2D eigenvalue weighted by atomic mass is 35.5. The molecule has 3 atom stereocenters. The van der Waals surface area contributed by atoms with E-state index in [-0.39, 0.29) is 44.5 Å². The van der Waals surface area contributed by atoms with E-state index in [2.05, 4.69) is 10.0 Å². The highest BCUT2D eigenvalue weighted by molar-refractivity contribution is 7.88.